The van der Waals surface area contributed by atoms with E-state index < -0.39 is 0 Å². The summed E-state index contributed by atoms with van der Waals surface area (Å²) in [6.45, 7) is 2.00. The van der Waals surface area contributed by atoms with Crippen LogP contribution < -0.4 is 5.73 Å². The van der Waals surface area contributed by atoms with Crippen molar-refractivity contribution in [2.75, 3.05) is 0 Å². The normalized spacial score (nSPS) is 53.8. The summed E-state index contributed by atoms with van der Waals surface area (Å²) >= 11 is 0. The van der Waals surface area contributed by atoms with E-state index in [0.29, 0.717) is 5.92 Å². The summed E-state index contributed by atoms with van der Waals surface area (Å²) in [5.41, 5.74) is 5.75. The molecule has 0 spiro atoms. The zero-order valence-corrected chi connectivity index (χ0v) is 7.79. The molecule has 12 heavy (non-hydrogen) atoms. The zero-order chi connectivity index (χ0) is 8.77. The lowest BCUT2D eigenvalue weighted by atomic mass is 9.64. The van der Waals surface area contributed by atoms with E-state index in [-0.39, 0.29) is 11.6 Å². The Balaban J connectivity index is 2.14. The van der Waals surface area contributed by atoms with E-state index in [1.807, 2.05) is 6.92 Å². The van der Waals surface area contributed by atoms with Gasteiger partial charge in [0.05, 0.1) is 6.10 Å². The van der Waals surface area contributed by atoms with Crippen molar-refractivity contribution >= 4 is 0 Å². The predicted octanol–water partition coefficient (Wildman–Crippen LogP) is 1.27. The van der Waals surface area contributed by atoms with Crippen LogP contribution in [0, 0.1) is 11.8 Å². The number of fused-ring (bicyclic) bond motifs is 2. The highest BCUT2D eigenvalue weighted by atomic mass is 16.3. The van der Waals surface area contributed by atoms with Gasteiger partial charge in [-0.2, -0.15) is 0 Å². The SMILES string of the molecule is CC1(N)CC2CCCC(C2)C1O. The second-order valence-corrected chi connectivity index (χ2v) is 4.95. The molecule has 2 nitrogen and oxygen atoms in total. The highest BCUT2D eigenvalue weighted by molar-refractivity contribution is 4.99. The standard InChI is InChI=1S/C10H19NO/c1-10(11)6-7-3-2-4-8(5-7)9(10)12/h7-9,12H,2-6,11H2,1H3. The molecule has 3 N–H and O–H groups in total. The van der Waals surface area contributed by atoms with Gasteiger partial charge in [-0.3, -0.25) is 0 Å². The molecule has 0 radical (unpaired) electrons. The molecule has 2 bridgehead atoms. The van der Waals surface area contributed by atoms with Crippen LogP contribution in [0.15, 0.2) is 0 Å². The Kier molecular flexibility index (Phi) is 1.92. The lowest BCUT2D eigenvalue weighted by molar-refractivity contribution is -0.0345. The molecule has 2 aliphatic rings. The van der Waals surface area contributed by atoms with Gasteiger partial charge in [-0.25, -0.2) is 0 Å². The lowest BCUT2D eigenvalue weighted by Crippen LogP contribution is -2.57. The van der Waals surface area contributed by atoms with Crippen LogP contribution >= 0.6 is 0 Å². The van der Waals surface area contributed by atoms with Crippen molar-refractivity contribution in [1.29, 1.82) is 0 Å². The molecule has 0 amide bonds. The van der Waals surface area contributed by atoms with E-state index in [1.165, 1.54) is 25.7 Å². The molecular formula is C10H19NO. The molecule has 4 unspecified atom stereocenters. The Labute approximate surface area is 74.1 Å². The van der Waals surface area contributed by atoms with Crippen molar-refractivity contribution in [1.82, 2.24) is 0 Å². The van der Waals surface area contributed by atoms with Crippen LogP contribution in [0.1, 0.15) is 39.0 Å². The number of nitrogens with two attached hydrogens (primary N) is 1. The second kappa shape index (κ2) is 2.71. The summed E-state index contributed by atoms with van der Waals surface area (Å²) in [6, 6.07) is 0. The van der Waals surface area contributed by atoms with Gasteiger partial charge in [0.1, 0.15) is 0 Å². The number of rotatable bonds is 0. The molecule has 2 saturated carbocycles. The van der Waals surface area contributed by atoms with E-state index >= 15 is 0 Å². The molecule has 0 saturated heterocycles. The molecule has 0 aromatic rings. The highest BCUT2D eigenvalue weighted by Crippen LogP contribution is 2.43. The van der Waals surface area contributed by atoms with E-state index in [1.54, 1.807) is 0 Å². The van der Waals surface area contributed by atoms with Crippen LogP contribution in [0.3, 0.4) is 0 Å². The average Bonchev–Trinajstić information content (AvgIpc) is 2.01. The summed E-state index contributed by atoms with van der Waals surface area (Å²) in [5, 5.41) is 9.92. The summed E-state index contributed by atoms with van der Waals surface area (Å²) in [6.07, 6.45) is 5.79. The molecule has 0 aromatic heterocycles. The molecule has 4 atom stereocenters. The number of hydrogen-bond acceptors (Lipinski definition) is 2. The third-order valence-electron chi connectivity index (χ3n) is 3.67. The van der Waals surface area contributed by atoms with Gasteiger partial charge in [0.25, 0.3) is 0 Å². The van der Waals surface area contributed by atoms with E-state index in [9.17, 15) is 5.11 Å². The van der Waals surface area contributed by atoms with Crippen LogP contribution in [0.5, 0.6) is 0 Å². The molecular weight excluding hydrogens is 150 g/mol. The largest absolute Gasteiger partial charge is 0.391 e. The first-order valence-electron chi connectivity index (χ1n) is 5.06. The van der Waals surface area contributed by atoms with Crippen molar-refractivity contribution in [2.45, 2.75) is 50.7 Å². The van der Waals surface area contributed by atoms with Gasteiger partial charge in [0.2, 0.25) is 0 Å². The summed E-state index contributed by atoms with van der Waals surface area (Å²) < 4.78 is 0. The fourth-order valence-electron chi connectivity index (χ4n) is 3.09. The first-order valence-corrected chi connectivity index (χ1v) is 5.06. The van der Waals surface area contributed by atoms with Crippen LogP contribution in [0.25, 0.3) is 0 Å². The van der Waals surface area contributed by atoms with Crippen molar-refractivity contribution in [3.05, 3.63) is 0 Å². The monoisotopic (exact) mass is 169 g/mol. The lowest BCUT2D eigenvalue weighted by Gasteiger charge is -2.47. The molecule has 2 aliphatic carbocycles. The van der Waals surface area contributed by atoms with Gasteiger partial charge in [0.15, 0.2) is 0 Å². The smallest absolute Gasteiger partial charge is 0.0745 e. The highest BCUT2D eigenvalue weighted by Gasteiger charge is 2.43. The first-order chi connectivity index (χ1) is 5.59. The van der Waals surface area contributed by atoms with Gasteiger partial charge in [-0.15, -0.1) is 0 Å². The van der Waals surface area contributed by atoms with E-state index in [2.05, 4.69) is 0 Å². The molecule has 70 valence electrons. The van der Waals surface area contributed by atoms with Crippen molar-refractivity contribution < 1.29 is 5.11 Å². The van der Waals surface area contributed by atoms with Crippen LogP contribution in [-0.4, -0.2) is 16.7 Å². The third-order valence-corrected chi connectivity index (χ3v) is 3.67. The van der Waals surface area contributed by atoms with Gasteiger partial charge >= 0.3 is 0 Å². The minimum absolute atomic E-state index is 0.256. The maximum atomic E-state index is 9.92. The Hall–Kier alpha value is -0.0800. The second-order valence-electron chi connectivity index (χ2n) is 4.95. The molecule has 2 heteroatoms. The van der Waals surface area contributed by atoms with Crippen LogP contribution in [-0.2, 0) is 0 Å². The van der Waals surface area contributed by atoms with Gasteiger partial charge in [-0.05, 0) is 38.0 Å². The number of aliphatic hydroxyl groups excluding tert-OH is 1. The minimum Gasteiger partial charge on any atom is -0.391 e. The Bertz CT molecular complexity index is 179. The van der Waals surface area contributed by atoms with Crippen molar-refractivity contribution in [3.63, 3.8) is 0 Å². The van der Waals surface area contributed by atoms with E-state index in [0.717, 1.165) is 12.3 Å². The van der Waals surface area contributed by atoms with Gasteiger partial charge in [-0.1, -0.05) is 12.8 Å². The minimum atomic E-state index is -0.312. The fourth-order valence-corrected chi connectivity index (χ4v) is 3.09. The molecule has 2 rings (SSSR count). The topological polar surface area (TPSA) is 46.2 Å². The zero-order valence-electron chi connectivity index (χ0n) is 7.79. The maximum Gasteiger partial charge on any atom is 0.0745 e. The third kappa shape index (κ3) is 1.27. The first kappa shape index (κ1) is 8.52. The number of hydrogen-bond donors (Lipinski definition) is 2. The Morgan fingerprint density at radius 3 is 2.92 bits per heavy atom. The van der Waals surface area contributed by atoms with Crippen LogP contribution in [0.2, 0.25) is 0 Å². The fraction of sp³-hybridized carbons (Fsp3) is 1.00. The van der Waals surface area contributed by atoms with Crippen LogP contribution in [0.4, 0.5) is 0 Å². The Morgan fingerprint density at radius 2 is 2.17 bits per heavy atom. The quantitative estimate of drug-likeness (QED) is 0.573. The Morgan fingerprint density at radius 1 is 1.42 bits per heavy atom. The van der Waals surface area contributed by atoms with Gasteiger partial charge in [0, 0.05) is 5.54 Å². The molecule has 0 aromatic carbocycles. The summed E-state index contributed by atoms with van der Waals surface area (Å²) in [5.74, 6) is 1.29. The molecule has 2 fully saturated rings. The molecule has 0 aliphatic heterocycles. The summed E-state index contributed by atoms with van der Waals surface area (Å²) in [4.78, 5) is 0. The van der Waals surface area contributed by atoms with Crippen molar-refractivity contribution in [2.24, 2.45) is 17.6 Å². The average molecular weight is 169 g/mol. The maximum absolute atomic E-state index is 9.92. The summed E-state index contributed by atoms with van der Waals surface area (Å²) in [7, 11) is 0. The van der Waals surface area contributed by atoms with Gasteiger partial charge < -0.3 is 10.8 Å². The van der Waals surface area contributed by atoms with Crippen molar-refractivity contribution in [3.8, 4) is 0 Å². The molecule has 0 heterocycles. The number of aliphatic hydroxyl groups is 1. The van der Waals surface area contributed by atoms with E-state index in [4.69, 9.17) is 5.73 Å². The predicted molar refractivity (Wildman–Crippen MR) is 48.7 cm³/mol.